The van der Waals surface area contributed by atoms with Crippen molar-refractivity contribution in [3.63, 3.8) is 0 Å². The first-order chi connectivity index (χ1) is 23.3. The molecule has 6 rings (SSSR count). The molecule has 3 heterocycles. The predicted octanol–water partition coefficient (Wildman–Crippen LogP) is 12.8. The van der Waals surface area contributed by atoms with Gasteiger partial charge in [-0.3, -0.25) is 9.78 Å². The largest absolute Gasteiger partial charge is 0.512 e. The maximum atomic E-state index is 12.2. The Morgan fingerprint density at radius 3 is 2.10 bits per heavy atom. The Hall–Kier alpha value is -3.99. The van der Waals surface area contributed by atoms with Crippen molar-refractivity contribution in [1.29, 1.82) is 0 Å². The second-order valence-corrected chi connectivity index (χ2v) is 14.7. The molecule has 50 heavy (non-hydrogen) atoms. The molecule has 6 heteroatoms. The molecule has 0 saturated carbocycles. The number of allylic oxidation sites excluding steroid dienone is 2. The van der Waals surface area contributed by atoms with Crippen molar-refractivity contribution in [1.82, 2.24) is 4.98 Å². The number of fused-ring (bicyclic) bond motifs is 3. The first-order valence-electron chi connectivity index (χ1n) is 17.5. The number of pyridine rings is 1. The topological polar surface area (TPSA) is 76.5 Å². The minimum atomic E-state index is -0.337. The fourth-order valence-electron chi connectivity index (χ4n) is 6.12. The van der Waals surface area contributed by atoms with E-state index in [0.29, 0.717) is 0 Å². The zero-order valence-electron chi connectivity index (χ0n) is 30.9. The van der Waals surface area contributed by atoms with Crippen LogP contribution in [0.3, 0.4) is 0 Å². The summed E-state index contributed by atoms with van der Waals surface area (Å²) >= 11 is 0. The fraction of sp³-hybridized carbons (Fsp3) is 0.364. The van der Waals surface area contributed by atoms with Crippen LogP contribution in [0.5, 0.6) is 0 Å². The number of aromatic nitrogens is 1. The van der Waals surface area contributed by atoms with Crippen LogP contribution < -0.4 is 0 Å². The van der Waals surface area contributed by atoms with E-state index in [-0.39, 0.29) is 47.9 Å². The van der Waals surface area contributed by atoms with E-state index in [1.165, 1.54) is 17.0 Å². The van der Waals surface area contributed by atoms with Crippen LogP contribution in [0.1, 0.15) is 93.6 Å². The maximum Gasteiger partial charge on any atom is 0.164 e. The molecule has 0 bridgehead atoms. The second kappa shape index (κ2) is 15.5. The van der Waals surface area contributed by atoms with Gasteiger partial charge >= 0.3 is 0 Å². The molecule has 0 amide bonds. The van der Waals surface area contributed by atoms with Crippen molar-refractivity contribution >= 4 is 38.5 Å². The van der Waals surface area contributed by atoms with Crippen LogP contribution in [-0.4, -0.2) is 15.9 Å². The zero-order valence-corrected chi connectivity index (χ0v) is 33.3. The molecule has 3 aromatic heterocycles. The maximum absolute atomic E-state index is 12.2. The second-order valence-electron chi connectivity index (χ2n) is 14.7. The van der Waals surface area contributed by atoms with Gasteiger partial charge in [-0.15, -0.1) is 29.1 Å². The average Bonchev–Trinajstić information content (AvgIpc) is 3.74. The SMILES string of the molecule is CC(C)(C)c1cc(-c2nccc3cc(-c4coc5ccccc45)oc23)[c-]c2ccccc12.CCC(C)(CC)C(=O)/C=C(\O)C(C)(CC)CC.[Ir]. The Labute approximate surface area is 310 Å². The number of hydrogen-bond acceptors (Lipinski definition) is 5. The third-order valence-electron chi connectivity index (χ3n) is 10.6. The number of ketones is 1. The van der Waals surface area contributed by atoms with Crippen molar-refractivity contribution in [3.8, 4) is 22.6 Å². The number of carbonyl (C=O) groups excluding carboxylic acids is 1. The summed E-state index contributed by atoms with van der Waals surface area (Å²) in [5.74, 6) is 1.06. The Kier molecular flexibility index (Phi) is 12.0. The normalized spacial score (nSPS) is 12.5. The molecule has 0 fully saturated rings. The molecule has 6 aromatic rings. The van der Waals surface area contributed by atoms with Crippen LogP contribution in [0.25, 0.3) is 55.3 Å². The Morgan fingerprint density at radius 1 is 0.840 bits per heavy atom. The van der Waals surface area contributed by atoms with E-state index in [1.807, 2.05) is 78.1 Å². The van der Waals surface area contributed by atoms with E-state index in [0.717, 1.165) is 75.6 Å². The van der Waals surface area contributed by atoms with Crippen LogP contribution in [0.2, 0.25) is 0 Å². The third-order valence-corrected chi connectivity index (χ3v) is 10.6. The molecule has 0 unspecified atom stereocenters. The van der Waals surface area contributed by atoms with E-state index >= 15 is 0 Å². The Balaban J connectivity index is 0.000000269. The Bertz CT molecular complexity index is 2120. The average molecular weight is 849 g/mol. The fourth-order valence-corrected chi connectivity index (χ4v) is 6.12. The van der Waals surface area contributed by atoms with E-state index in [9.17, 15) is 9.90 Å². The number of nitrogens with zero attached hydrogens (tertiary/aromatic N) is 1. The summed E-state index contributed by atoms with van der Waals surface area (Å²) in [5, 5.41) is 14.5. The number of aliphatic hydroxyl groups excluding tert-OH is 1. The van der Waals surface area contributed by atoms with Gasteiger partial charge in [-0.25, -0.2) is 0 Å². The predicted molar refractivity (Wildman–Crippen MR) is 203 cm³/mol. The van der Waals surface area contributed by atoms with Gasteiger partial charge in [-0.2, -0.15) is 0 Å². The standard InChI is InChI=1S/C29H22NO2.C15H28O2.Ir/c1-29(2,3)24-15-20(14-18-8-4-5-9-21(18)24)27-28-19(12-13-30-27)16-26(32-28)23-17-31-25-11-7-6-10-22(23)25;1-7-14(5,8-2)12(16)11-13(17)15(6,9-3)10-4;/h4-13,15-17H,1-3H3;11,16H,7-10H2,1-6H3;/q-1;;/b;12-11-;. The monoisotopic (exact) mass is 849 g/mol. The summed E-state index contributed by atoms with van der Waals surface area (Å²) in [4.78, 5) is 16.9. The molecule has 3 aromatic carbocycles. The molecule has 0 saturated heterocycles. The van der Waals surface area contributed by atoms with Crippen molar-refractivity contribution in [3.05, 3.63) is 103 Å². The third kappa shape index (κ3) is 7.67. The number of furan rings is 2. The summed E-state index contributed by atoms with van der Waals surface area (Å²) in [6, 6.07) is 26.2. The van der Waals surface area contributed by atoms with Crippen LogP contribution in [0, 0.1) is 16.9 Å². The summed E-state index contributed by atoms with van der Waals surface area (Å²) in [6.45, 7) is 18.8. The summed E-state index contributed by atoms with van der Waals surface area (Å²) in [5.41, 5.74) is 4.96. The van der Waals surface area contributed by atoms with Gasteiger partial charge in [0.15, 0.2) is 5.78 Å². The number of benzene rings is 3. The summed E-state index contributed by atoms with van der Waals surface area (Å²) < 4.78 is 12.1. The molecule has 265 valence electrons. The van der Waals surface area contributed by atoms with Gasteiger partial charge < -0.3 is 13.9 Å². The van der Waals surface area contributed by atoms with Gasteiger partial charge in [-0.1, -0.05) is 110 Å². The Morgan fingerprint density at radius 2 is 1.46 bits per heavy atom. The van der Waals surface area contributed by atoms with Crippen LogP contribution in [-0.2, 0) is 30.3 Å². The molecular formula is C44H50IrNO4-. The zero-order chi connectivity index (χ0) is 35.6. The van der Waals surface area contributed by atoms with E-state index in [4.69, 9.17) is 13.8 Å². The summed E-state index contributed by atoms with van der Waals surface area (Å²) in [7, 11) is 0. The van der Waals surface area contributed by atoms with Crippen molar-refractivity contribution < 1.29 is 38.8 Å². The molecule has 1 N–H and O–H groups in total. The molecule has 0 spiro atoms. The van der Waals surface area contributed by atoms with Gasteiger partial charge in [0.1, 0.15) is 28.9 Å². The van der Waals surface area contributed by atoms with E-state index < -0.39 is 0 Å². The molecule has 0 aliphatic heterocycles. The molecule has 0 aliphatic carbocycles. The van der Waals surface area contributed by atoms with Crippen molar-refractivity contribution in [2.45, 2.75) is 93.4 Å². The number of carbonyl (C=O) groups is 1. The van der Waals surface area contributed by atoms with Crippen molar-refractivity contribution in [2.75, 3.05) is 0 Å². The van der Waals surface area contributed by atoms with Crippen LogP contribution in [0.4, 0.5) is 0 Å². The minimum absolute atomic E-state index is 0. The molecule has 5 nitrogen and oxygen atoms in total. The van der Waals surface area contributed by atoms with Gasteiger partial charge in [-0.05, 0) is 49.3 Å². The number of rotatable bonds is 9. The van der Waals surface area contributed by atoms with Gasteiger partial charge in [0.05, 0.1) is 5.56 Å². The van der Waals surface area contributed by atoms with Gasteiger partial charge in [0.2, 0.25) is 0 Å². The van der Waals surface area contributed by atoms with Gasteiger partial charge in [0, 0.05) is 59.7 Å². The number of para-hydroxylation sites is 1. The molecule has 0 aliphatic rings. The first-order valence-corrected chi connectivity index (χ1v) is 17.5. The van der Waals surface area contributed by atoms with E-state index in [2.05, 4.69) is 63.2 Å². The smallest absolute Gasteiger partial charge is 0.164 e. The number of hydrogen-bond donors (Lipinski definition) is 1. The first kappa shape index (κ1) is 38.8. The molecule has 1 radical (unpaired) electrons. The molecular weight excluding hydrogens is 799 g/mol. The molecule has 0 atom stereocenters. The summed E-state index contributed by atoms with van der Waals surface area (Å²) in [6.07, 6.45) is 8.35. The minimum Gasteiger partial charge on any atom is -0.512 e. The van der Waals surface area contributed by atoms with Crippen molar-refractivity contribution in [2.24, 2.45) is 10.8 Å². The van der Waals surface area contributed by atoms with Crippen LogP contribution in [0.15, 0.2) is 99.9 Å². The van der Waals surface area contributed by atoms with Gasteiger partial charge in [0.25, 0.3) is 0 Å². The van der Waals surface area contributed by atoms with Crippen LogP contribution >= 0.6 is 0 Å². The van der Waals surface area contributed by atoms with E-state index in [1.54, 1.807) is 6.26 Å². The quantitative estimate of drug-likeness (QED) is 0.0891. The number of aliphatic hydroxyl groups is 1.